The van der Waals surface area contributed by atoms with Crippen LogP contribution in [0.15, 0.2) is 84.9 Å². The zero-order chi connectivity index (χ0) is 50.1. The number of aliphatic hydroxyl groups excluding tert-OH is 2. The summed E-state index contributed by atoms with van der Waals surface area (Å²) in [5, 5.41) is 34.4. The number of hydrogen-bond donors (Lipinski definition) is 6. The number of alkyl carbamates (subject to hydrolysis) is 1. The van der Waals surface area contributed by atoms with E-state index in [0.29, 0.717) is 11.1 Å². The number of carbonyl (C=O) groups is 2. The molecule has 0 bridgehead atoms. The van der Waals surface area contributed by atoms with Gasteiger partial charge in [0, 0.05) is 56.4 Å². The van der Waals surface area contributed by atoms with Gasteiger partial charge in [-0.15, -0.1) is 0 Å². The fraction of sp³-hybridized carbons (Fsp3) is 0.527. The van der Waals surface area contributed by atoms with Gasteiger partial charge in [-0.1, -0.05) is 48.5 Å². The lowest BCUT2D eigenvalue weighted by atomic mass is 9.95. The Labute approximate surface area is 409 Å². The van der Waals surface area contributed by atoms with Crippen molar-refractivity contribution in [2.75, 3.05) is 26.3 Å². The van der Waals surface area contributed by atoms with Gasteiger partial charge in [-0.25, -0.2) is 22.4 Å². The first-order chi connectivity index (χ1) is 33.4. The third kappa shape index (κ3) is 15.3. The summed E-state index contributed by atoms with van der Waals surface area (Å²) in [4.78, 5) is 24.2. The number of nitrogens with one attached hydrogen (secondary N) is 4. The van der Waals surface area contributed by atoms with Crippen LogP contribution in [0.4, 0.5) is 22.4 Å². The molecule has 0 aromatic heterocycles. The fourth-order valence-electron chi connectivity index (χ4n) is 9.60. The molecule has 2 aliphatic carbocycles. The molecule has 15 heteroatoms. The monoisotopic (exact) mass is 975 g/mol. The summed E-state index contributed by atoms with van der Waals surface area (Å²) in [6.45, 7) is 8.59. The maximum absolute atomic E-state index is 13.8. The molecule has 2 heterocycles. The molecule has 6 atom stereocenters. The number of rotatable bonds is 18. The molecule has 70 heavy (non-hydrogen) atoms. The van der Waals surface area contributed by atoms with Crippen molar-refractivity contribution in [3.63, 3.8) is 0 Å². The van der Waals surface area contributed by atoms with Crippen LogP contribution in [0.1, 0.15) is 137 Å². The van der Waals surface area contributed by atoms with Crippen LogP contribution in [0, 0.1) is 23.3 Å². The van der Waals surface area contributed by atoms with Crippen LogP contribution in [0.25, 0.3) is 0 Å². The molecule has 2 saturated heterocycles. The molecule has 380 valence electrons. The van der Waals surface area contributed by atoms with Crippen LogP contribution >= 0.6 is 0 Å². The third-order valence-corrected chi connectivity index (χ3v) is 13.6. The zero-order valence-electron chi connectivity index (χ0n) is 40.8. The van der Waals surface area contributed by atoms with Gasteiger partial charge in [0.05, 0.1) is 36.5 Å². The molecule has 0 spiro atoms. The Bertz CT molecular complexity index is 2340. The van der Waals surface area contributed by atoms with E-state index < -0.39 is 59.3 Å². The molecule has 8 rings (SSSR count). The highest BCUT2D eigenvalue weighted by Crippen LogP contribution is 2.47. The summed E-state index contributed by atoms with van der Waals surface area (Å²) in [6, 6.07) is 21.8. The molecule has 4 aromatic rings. The molecule has 11 nitrogen and oxygen atoms in total. The van der Waals surface area contributed by atoms with Crippen molar-refractivity contribution in [1.29, 1.82) is 0 Å². The normalized spacial score (nSPS) is 20.9. The Morgan fingerprint density at radius 1 is 0.643 bits per heavy atom. The maximum atomic E-state index is 13.8. The Kier molecular flexibility index (Phi) is 17.8. The van der Waals surface area contributed by atoms with E-state index in [9.17, 15) is 37.4 Å². The number of halogens is 4. The van der Waals surface area contributed by atoms with Crippen LogP contribution in [-0.2, 0) is 42.9 Å². The highest BCUT2D eigenvalue weighted by Gasteiger charge is 2.46. The lowest BCUT2D eigenvalue weighted by molar-refractivity contribution is -0.120. The van der Waals surface area contributed by atoms with Crippen molar-refractivity contribution in [3.8, 4) is 0 Å². The van der Waals surface area contributed by atoms with Gasteiger partial charge in [-0.05, 0) is 155 Å². The van der Waals surface area contributed by atoms with Gasteiger partial charge in [0.2, 0.25) is 5.91 Å². The number of ether oxygens (including phenoxy) is 3. The Morgan fingerprint density at radius 2 is 1.06 bits per heavy atom. The third-order valence-electron chi connectivity index (χ3n) is 13.6. The lowest BCUT2D eigenvalue weighted by Gasteiger charge is -2.29. The number of amides is 2. The predicted molar refractivity (Wildman–Crippen MR) is 259 cm³/mol. The molecule has 4 aliphatic rings. The molecule has 2 saturated carbocycles. The van der Waals surface area contributed by atoms with Gasteiger partial charge < -0.3 is 45.7 Å². The van der Waals surface area contributed by atoms with Gasteiger partial charge >= 0.3 is 6.09 Å². The second kappa shape index (κ2) is 23.6. The minimum Gasteiger partial charge on any atom is -0.444 e. The van der Waals surface area contributed by atoms with Gasteiger partial charge in [-0.2, -0.15) is 0 Å². The van der Waals surface area contributed by atoms with Crippen LogP contribution in [0.2, 0.25) is 0 Å². The van der Waals surface area contributed by atoms with Crippen LogP contribution in [0.5, 0.6) is 0 Å². The zero-order valence-corrected chi connectivity index (χ0v) is 40.8. The van der Waals surface area contributed by atoms with Crippen LogP contribution in [-0.4, -0.2) is 78.4 Å². The Balaban J connectivity index is 0.000000208. The minimum atomic E-state index is -1.03. The average molecular weight is 975 g/mol. The highest BCUT2D eigenvalue weighted by atomic mass is 19.1. The van der Waals surface area contributed by atoms with E-state index in [0.717, 1.165) is 88.7 Å². The van der Waals surface area contributed by atoms with Crippen molar-refractivity contribution >= 4 is 12.0 Å². The summed E-state index contributed by atoms with van der Waals surface area (Å²) < 4.78 is 72.0. The molecule has 0 radical (unpaired) electrons. The second-order valence-electron chi connectivity index (χ2n) is 20.5. The van der Waals surface area contributed by atoms with Crippen LogP contribution < -0.4 is 21.3 Å². The highest BCUT2D eigenvalue weighted by molar-refractivity contribution is 5.73. The largest absolute Gasteiger partial charge is 0.444 e. The van der Waals surface area contributed by atoms with Gasteiger partial charge in [-0.3, -0.25) is 4.79 Å². The second-order valence-corrected chi connectivity index (χ2v) is 20.5. The summed E-state index contributed by atoms with van der Waals surface area (Å²) in [5.74, 6) is -3.09. The quantitative estimate of drug-likeness (QED) is 0.0537. The van der Waals surface area contributed by atoms with Gasteiger partial charge in [0.1, 0.15) is 28.9 Å². The van der Waals surface area contributed by atoms with Crippen molar-refractivity contribution in [1.82, 2.24) is 21.3 Å². The minimum absolute atomic E-state index is 0.0400. The van der Waals surface area contributed by atoms with Crippen molar-refractivity contribution in [2.24, 2.45) is 0 Å². The number of hydrogen-bond acceptors (Lipinski definition) is 9. The Hall–Kier alpha value is -4.90. The first-order valence-corrected chi connectivity index (χ1v) is 24.8. The van der Waals surface area contributed by atoms with E-state index in [4.69, 9.17) is 14.2 Å². The van der Waals surface area contributed by atoms with E-state index in [1.54, 1.807) is 20.8 Å². The van der Waals surface area contributed by atoms with E-state index in [-0.39, 0.29) is 55.1 Å². The summed E-state index contributed by atoms with van der Waals surface area (Å²) >= 11 is 0. The fourth-order valence-corrected chi connectivity index (χ4v) is 9.60. The van der Waals surface area contributed by atoms with Crippen molar-refractivity contribution in [2.45, 2.75) is 158 Å². The molecular formula is C55H70F4N4O7. The summed E-state index contributed by atoms with van der Waals surface area (Å²) in [5.41, 5.74) is 4.19. The molecule has 4 fully saturated rings. The first kappa shape index (κ1) is 52.9. The van der Waals surface area contributed by atoms with E-state index in [1.165, 1.54) is 54.3 Å². The molecule has 2 amide bonds. The number of aliphatic hydroxyl groups is 2. The van der Waals surface area contributed by atoms with Crippen LogP contribution in [0.3, 0.4) is 0 Å². The number of benzene rings is 4. The van der Waals surface area contributed by atoms with E-state index >= 15 is 0 Å². The SMILES string of the molecule is CC(=O)NC(Cc1cc(F)cc(F)c1)C(O)CNC1(c2cccc(C3CCCCO3)c2)CC1.CC(C)(C)OC(=O)NC(Cc1cc(F)cc(F)c1)C(O)CNC1(c2cccc(C3CCCCO3)c2)CC1. The molecule has 4 aromatic carbocycles. The standard InChI is InChI=1S/C29H38F2N2O4.C26H32F2N2O3/c1-28(2,3)37-27(35)33-24(15-19-13-22(30)17-23(31)14-19)25(34)18-32-29(10-11-29)21-8-6-7-20(16-21)26-9-4-5-12-36-26;1-17(31)30-23(13-18-11-21(27)15-22(28)12-18)24(32)16-29-26(8-9-26)20-6-4-5-19(14-20)25-7-2-3-10-33-25/h6-8,13-14,16-17,24-26,32,34H,4-5,9-12,15,18H2,1-3H3,(H,33,35);4-6,11-12,14-15,23-25,29,32H,2-3,7-10,13,16H2,1H3,(H,30,31). The molecular weight excluding hydrogens is 905 g/mol. The predicted octanol–water partition coefficient (Wildman–Crippen LogP) is 9.18. The average Bonchev–Trinajstić information content (AvgIpc) is 4.26. The van der Waals surface area contributed by atoms with Gasteiger partial charge in [0.25, 0.3) is 0 Å². The first-order valence-electron chi connectivity index (χ1n) is 24.8. The van der Waals surface area contributed by atoms with E-state index in [2.05, 4.69) is 63.7 Å². The topological polar surface area (TPSA) is 150 Å². The molecule has 2 aliphatic heterocycles. The molecule has 6 N–H and O–H groups in total. The summed E-state index contributed by atoms with van der Waals surface area (Å²) in [6.07, 6.45) is 8.09. The summed E-state index contributed by atoms with van der Waals surface area (Å²) in [7, 11) is 0. The Morgan fingerprint density at radius 3 is 1.41 bits per heavy atom. The lowest BCUT2D eigenvalue weighted by Crippen LogP contribution is -2.51. The number of carbonyl (C=O) groups excluding carboxylic acids is 2. The maximum Gasteiger partial charge on any atom is 0.407 e. The smallest absolute Gasteiger partial charge is 0.407 e. The van der Waals surface area contributed by atoms with Crippen molar-refractivity contribution in [3.05, 3.63) is 142 Å². The molecule has 6 unspecified atom stereocenters. The van der Waals surface area contributed by atoms with E-state index in [1.807, 2.05) is 6.07 Å². The van der Waals surface area contributed by atoms with Crippen molar-refractivity contribution < 1.29 is 51.6 Å². The van der Waals surface area contributed by atoms with Gasteiger partial charge in [0.15, 0.2) is 0 Å².